The van der Waals surface area contributed by atoms with E-state index in [1.165, 1.54) is 24.3 Å². The Hall–Kier alpha value is -2.31. The van der Waals surface area contributed by atoms with Crippen LogP contribution in [0, 0.1) is 11.6 Å². The van der Waals surface area contributed by atoms with Crippen molar-refractivity contribution in [1.29, 1.82) is 0 Å². The number of rotatable bonds is 6. The van der Waals surface area contributed by atoms with E-state index in [4.69, 9.17) is 4.74 Å². The molecule has 0 aliphatic carbocycles. The average molecular weight is 360 g/mol. The molecule has 1 aliphatic heterocycles. The van der Waals surface area contributed by atoms with Crippen LogP contribution < -0.4 is 5.32 Å². The summed E-state index contributed by atoms with van der Waals surface area (Å²) in [6.45, 7) is 3.22. The van der Waals surface area contributed by atoms with E-state index in [-0.39, 0.29) is 30.0 Å². The Bertz CT molecular complexity index is 714. The summed E-state index contributed by atoms with van der Waals surface area (Å²) in [6, 6.07) is 12.2. The first-order valence-corrected chi connectivity index (χ1v) is 8.70. The number of ether oxygens (including phenoxy) is 1. The summed E-state index contributed by atoms with van der Waals surface area (Å²) in [5.41, 5.74) is 1.71. The molecule has 26 heavy (non-hydrogen) atoms. The fraction of sp³-hybridized carbons (Fsp3) is 0.350. The van der Waals surface area contributed by atoms with Gasteiger partial charge in [0.15, 0.2) is 0 Å². The van der Waals surface area contributed by atoms with Gasteiger partial charge in [0.05, 0.1) is 25.7 Å². The molecule has 0 saturated carbocycles. The topological polar surface area (TPSA) is 41.6 Å². The van der Waals surface area contributed by atoms with Gasteiger partial charge in [-0.05, 0) is 35.4 Å². The van der Waals surface area contributed by atoms with E-state index in [2.05, 4.69) is 10.2 Å². The molecule has 2 aromatic rings. The molecule has 1 saturated heterocycles. The zero-order valence-electron chi connectivity index (χ0n) is 14.5. The lowest BCUT2D eigenvalue weighted by atomic mass is 10.0. The zero-order valence-corrected chi connectivity index (χ0v) is 14.5. The standard InChI is InChI=1S/C20H22F2N2O2/c21-17-5-1-15(2-6-17)13-20(25)23-14-19(24-9-11-26-12-10-24)16-3-7-18(22)8-4-16/h1-8,19H,9-14H2,(H,23,25)/t19-/m1/s1. The Morgan fingerprint density at radius 1 is 1.00 bits per heavy atom. The van der Waals surface area contributed by atoms with Crippen molar-refractivity contribution >= 4 is 5.91 Å². The van der Waals surface area contributed by atoms with E-state index in [1.54, 1.807) is 24.3 Å². The third-order valence-corrected chi connectivity index (χ3v) is 4.51. The third kappa shape index (κ3) is 5.09. The SMILES string of the molecule is O=C(Cc1ccc(F)cc1)NC[C@H](c1ccc(F)cc1)N1CCOCC1. The highest BCUT2D eigenvalue weighted by atomic mass is 19.1. The Morgan fingerprint density at radius 2 is 1.58 bits per heavy atom. The first-order valence-electron chi connectivity index (χ1n) is 8.70. The first kappa shape index (κ1) is 18.5. The van der Waals surface area contributed by atoms with Gasteiger partial charge >= 0.3 is 0 Å². The number of hydrogen-bond donors (Lipinski definition) is 1. The van der Waals surface area contributed by atoms with Crippen LogP contribution in [0.25, 0.3) is 0 Å². The number of halogens is 2. The molecule has 3 rings (SSSR count). The summed E-state index contributed by atoms with van der Waals surface area (Å²) < 4.78 is 31.6. The largest absolute Gasteiger partial charge is 0.379 e. The first-order chi connectivity index (χ1) is 12.6. The van der Waals surface area contributed by atoms with Crippen molar-refractivity contribution in [3.8, 4) is 0 Å². The van der Waals surface area contributed by atoms with Crippen LogP contribution in [0.15, 0.2) is 48.5 Å². The summed E-state index contributed by atoms with van der Waals surface area (Å²) in [5, 5.41) is 2.95. The zero-order chi connectivity index (χ0) is 18.4. The van der Waals surface area contributed by atoms with Gasteiger partial charge in [0.25, 0.3) is 0 Å². The van der Waals surface area contributed by atoms with Gasteiger partial charge < -0.3 is 10.1 Å². The predicted octanol–water partition coefficient (Wildman–Crippen LogP) is 2.70. The monoisotopic (exact) mass is 360 g/mol. The molecule has 4 nitrogen and oxygen atoms in total. The second kappa shape index (κ2) is 8.87. The number of amides is 1. The van der Waals surface area contributed by atoms with Crippen LogP contribution in [-0.2, 0) is 16.0 Å². The Labute approximate surface area is 151 Å². The lowest BCUT2D eigenvalue weighted by molar-refractivity contribution is -0.120. The number of nitrogens with one attached hydrogen (secondary N) is 1. The van der Waals surface area contributed by atoms with Gasteiger partial charge in [0.1, 0.15) is 11.6 Å². The number of nitrogens with zero attached hydrogens (tertiary/aromatic N) is 1. The van der Waals surface area contributed by atoms with Crippen LogP contribution in [0.5, 0.6) is 0 Å². The minimum absolute atomic E-state index is 0.0448. The Morgan fingerprint density at radius 3 is 2.19 bits per heavy atom. The van der Waals surface area contributed by atoms with E-state index in [0.717, 1.165) is 24.2 Å². The lowest BCUT2D eigenvalue weighted by Crippen LogP contribution is -2.44. The van der Waals surface area contributed by atoms with Crippen molar-refractivity contribution in [2.45, 2.75) is 12.5 Å². The number of hydrogen-bond acceptors (Lipinski definition) is 3. The van der Waals surface area contributed by atoms with Crippen molar-refractivity contribution < 1.29 is 18.3 Å². The maximum Gasteiger partial charge on any atom is 0.224 e. The van der Waals surface area contributed by atoms with Crippen molar-refractivity contribution in [1.82, 2.24) is 10.2 Å². The summed E-state index contributed by atoms with van der Waals surface area (Å²) in [4.78, 5) is 14.5. The fourth-order valence-corrected chi connectivity index (χ4v) is 3.09. The molecule has 1 fully saturated rings. The molecule has 1 N–H and O–H groups in total. The van der Waals surface area contributed by atoms with Gasteiger partial charge in [-0.2, -0.15) is 0 Å². The maximum atomic E-state index is 13.2. The molecule has 1 aliphatic rings. The molecule has 1 amide bonds. The second-order valence-electron chi connectivity index (χ2n) is 6.32. The van der Waals surface area contributed by atoms with Gasteiger partial charge in [-0.1, -0.05) is 24.3 Å². The van der Waals surface area contributed by atoms with Crippen molar-refractivity contribution in [3.63, 3.8) is 0 Å². The van der Waals surface area contributed by atoms with Crippen LogP contribution in [0.2, 0.25) is 0 Å². The molecule has 0 unspecified atom stereocenters. The molecule has 0 aromatic heterocycles. The highest BCUT2D eigenvalue weighted by molar-refractivity contribution is 5.78. The van der Waals surface area contributed by atoms with E-state index >= 15 is 0 Å². The number of carbonyl (C=O) groups excluding carboxylic acids is 1. The number of benzene rings is 2. The highest BCUT2D eigenvalue weighted by Gasteiger charge is 2.23. The highest BCUT2D eigenvalue weighted by Crippen LogP contribution is 2.21. The van der Waals surface area contributed by atoms with E-state index < -0.39 is 0 Å². The van der Waals surface area contributed by atoms with Gasteiger partial charge in [-0.3, -0.25) is 9.69 Å². The second-order valence-corrected chi connectivity index (χ2v) is 6.32. The summed E-state index contributed by atoms with van der Waals surface area (Å²) >= 11 is 0. The molecule has 1 atom stereocenters. The molecule has 6 heteroatoms. The van der Waals surface area contributed by atoms with E-state index in [0.29, 0.717) is 19.8 Å². The summed E-state index contributed by atoms with van der Waals surface area (Å²) in [6.07, 6.45) is 0.194. The van der Waals surface area contributed by atoms with Crippen LogP contribution in [0.4, 0.5) is 8.78 Å². The third-order valence-electron chi connectivity index (χ3n) is 4.51. The van der Waals surface area contributed by atoms with Gasteiger partial charge in [0.2, 0.25) is 5.91 Å². The average Bonchev–Trinajstić information content (AvgIpc) is 2.66. The Balaban J connectivity index is 1.64. The number of carbonyl (C=O) groups is 1. The molecule has 0 bridgehead atoms. The van der Waals surface area contributed by atoms with Gasteiger partial charge in [-0.25, -0.2) is 8.78 Å². The van der Waals surface area contributed by atoms with E-state index in [9.17, 15) is 13.6 Å². The molecular weight excluding hydrogens is 338 g/mol. The maximum absolute atomic E-state index is 13.2. The molecular formula is C20H22F2N2O2. The number of morpholine rings is 1. The van der Waals surface area contributed by atoms with Crippen LogP contribution >= 0.6 is 0 Å². The quantitative estimate of drug-likeness (QED) is 0.861. The predicted molar refractivity (Wildman–Crippen MR) is 94.6 cm³/mol. The molecule has 0 radical (unpaired) electrons. The molecule has 2 aromatic carbocycles. The van der Waals surface area contributed by atoms with Crippen LogP contribution in [0.1, 0.15) is 17.2 Å². The molecule has 0 spiro atoms. The van der Waals surface area contributed by atoms with Crippen LogP contribution in [-0.4, -0.2) is 43.7 Å². The van der Waals surface area contributed by atoms with Crippen molar-refractivity contribution in [2.24, 2.45) is 0 Å². The van der Waals surface area contributed by atoms with E-state index in [1.807, 2.05) is 0 Å². The minimum atomic E-state index is -0.321. The lowest BCUT2D eigenvalue weighted by Gasteiger charge is -2.35. The molecule has 138 valence electrons. The molecule has 1 heterocycles. The fourth-order valence-electron chi connectivity index (χ4n) is 3.09. The van der Waals surface area contributed by atoms with Crippen LogP contribution in [0.3, 0.4) is 0 Å². The smallest absolute Gasteiger partial charge is 0.224 e. The Kier molecular flexibility index (Phi) is 6.30. The summed E-state index contributed by atoms with van der Waals surface area (Å²) in [7, 11) is 0. The normalized spacial score (nSPS) is 16.2. The van der Waals surface area contributed by atoms with Gasteiger partial charge in [-0.15, -0.1) is 0 Å². The van der Waals surface area contributed by atoms with Crippen molar-refractivity contribution in [3.05, 3.63) is 71.3 Å². The van der Waals surface area contributed by atoms with Gasteiger partial charge in [0, 0.05) is 19.6 Å². The minimum Gasteiger partial charge on any atom is -0.379 e. The summed E-state index contributed by atoms with van der Waals surface area (Å²) in [5.74, 6) is -0.732. The van der Waals surface area contributed by atoms with Crippen molar-refractivity contribution in [2.75, 3.05) is 32.8 Å².